The third-order valence-electron chi connectivity index (χ3n) is 3.40. The highest BCUT2D eigenvalue weighted by Gasteiger charge is 2.25. The Morgan fingerprint density at radius 1 is 1.33 bits per heavy atom. The first-order valence-corrected chi connectivity index (χ1v) is 6.58. The molecule has 0 radical (unpaired) electrons. The first kappa shape index (κ1) is 15.2. The fraction of sp³-hybridized carbons (Fsp3) is 0.600. The topological polar surface area (TPSA) is 38.5 Å². The Hall–Kier alpha value is -0.900. The van der Waals surface area contributed by atoms with E-state index < -0.39 is 0 Å². The van der Waals surface area contributed by atoms with Crippen molar-refractivity contribution in [3.63, 3.8) is 0 Å². The van der Waals surface area contributed by atoms with Gasteiger partial charge in [-0.15, -0.1) is 0 Å². The van der Waals surface area contributed by atoms with Crippen LogP contribution in [0, 0.1) is 0 Å². The number of rotatable bonds is 7. The maximum atomic E-state index is 6.47. The summed E-state index contributed by atoms with van der Waals surface area (Å²) >= 11 is 0. The van der Waals surface area contributed by atoms with E-state index in [2.05, 4.69) is 37.8 Å². The minimum atomic E-state index is -0.334. The molecule has 0 amide bonds. The van der Waals surface area contributed by atoms with Gasteiger partial charge >= 0.3 is 0 Å². The van der Waals surface area contributed by atoms with Crippen molar-refractivity contribution in [3.05, 3.63) is 35.9 Å². The van der Waals surface area contributed by atoms with Gasteiger partial charge in [0, 0.05) is 19.7 Å². The van der Waals surface area contributed by atoms with Crippen LogP contribution in [0.5, 0.6) is 0 Å². The average molecular weight is 250 g/mol. The van der Waals surface area contributed by atoms with E-state index in [1.165, 1.54) is 5.56 Å². The van der Waals surface area contributed by atoms with Crippen LogP contribution in [0.1, 0.15) is 26.3 Å². The van der Waals surface area contributed by atoms with Crippen LogP contribution in [-0.4, -0.2) is 37.7 Å². The standard InChI is InChI=1S/C15H26N2O/c1-5-17(13(2)11-18-4)12-15(3,16)14-9-7-6-8-10-14/h6-10,13H,5,11-12,16H2,1-4H3. The summed E-state index contributed by atoms with van der Waals surface area (Å²) < 4.78 is 5.22. The van der Waals surface area contributed by atoms with Crippen molar-refractivity contribution in [2.24, 2.45) is 5.73 Å². The minimum Gasteiger partial charge on any atom is -0.383 e. The highest BCUT2D eigenvalue weighted by Crippen LogP contribution is 2.19. The van der Waals surface area contributed by atoms with E-state index in [9.17, 15) is 0 Å². The lowest BCUT2D eigenvalue weighted by molar-refractivity contribution is 0.0881. The van der Waals surface area contributed by atoms with Gasteiger partial charge in [-0.1, -0.05) is 37.3 Å². The van der Waals surface area contributed by atoms with Gasteiger partial charge in [0.15, 0.2) is 0 Å². The van der Waals surface area contributed by atoms with E-state index in [1.807, 2.05) is 18.2 Å². The summed E-state index contributed by atoms with van der Waals surface area (Å²) in [5.74, 6) is 0. The molecule has 0 aromatic heterocycles. The van der Waals surface area contributed by atoms with Crippen LogP contribution in [0.2, 0.25) is 0 Å². The second kappa shape index (κ2) is 6.88. The third kappa shape index (κ3) is 4.09. The summed E-state index contributed by atoms with van der Waals surface area (Å²) in [7, 11) is 1.74. The molecule has 1 aromatic rings. The molecule has 2 atom stereocenters. The van der Waals surface area contributed by atoms with Crippen LogP contribution in [-0.2, 0) is 10.3 Å². The fourth-order valence-electron chi connectivity index (χ4n) is 2.26. The molecule has 0 saturated heterocycles. The van der Waals surface area contributed by atoms with Crippen LogP contribution in [0.25, 0.3) is 0 Å². The summed E-state index contributed by atoms with van der Waals surface area (Å²) in [6.45, 7) is 8.97. The van der Waals surface area contributed by atoms with Crippen molar-refractivity contribution >= 4 is 0 Å². The zero-order valence-electron chi connectivity index (χ0n) is 12.0. The van der Waals surface area contributed by atoms with Crippen LogP contribution < -0.4 is 5.73 Å². The van der Waals surface area contributed by atoms with Gasteiger partial charge in [0.1, 0.15) is 0 Å². The Morgan fingerprint density at radius 3 is 2.44 bits per heavy atom. The Morgan fingerprint density at radius 2 is 1.94 bits per heavy atom. The molecule has 0 aliphatic heterocycles. The van der Waals surface area contributed by atoms with E-state index in [0.29, 0.717) is 6.04 Å². The van der Waals surface area contributed by atoms with Crippen LogP contribution in [0.15, 0.2) is 30.3 Å². The maximum absolute atomic E-state index is 6.47. The number of benzene rings is 1. The molecule has 2 unspecified atom stereocenters. The van der Waals surface area contributed by atoms with Gasteiger partial charge in [-0.3, -0.25) is 4.90 Å². The summed E-state index contributed by atoms with van der Waals surface area (Å²) in [5, 5.41) is 0. The predicted molar refractivity (Wildman–Crippen MR) is 76.6 cm³/mol. The number of nitrogens with zero attached hydrogens (tertiary/aromatic N) is 1. The number of methoxy groups -OCH3 is 1. The molecule has 0 fully saturated rings. The number of nitrogens with two attached hydrogens (primary N) is 1. The Kier molecular flexibility index (Phi) is 5.79. The second-order valence-corrected chi connectivity index (χ2v) is 5.15. The van der Waals surface area contributed by atoms with Gasteiger partial charge in [-0.05, 0) is 26.0 Å². The van der Waals surface area contributed by atoms with E-state index >= 15 is 0 Å². The molecule has 102 valence electrons. The van der Waals surface area contributed by atoms with Gasteiger partial charge in [0.2, 0.25) is 0 Å². The molecule has 2 N–H and O–H groups in total. The molecule has 0 saturated carbocycles. The molecule has 0 aliphatic rings. The van der Waals surface area contributed by atoms with Crippen molar-refractivity contribution in [1.82, 2.24) is 4.90 Å². The zero-order chi connectivity index (χ0) is 13.6. The van der Waals surface area contributed by atoms with Gasteiger partial charge in [-0.2, -0.15) is 0 Å². The van der Waals surface area contributed by atoms with Crippen molar-refractivity contribution in [3.8, 4) is 0 Å². The lowest BCUT2D eigenvalue weighted by atomic mass is 9.92. The van der Waals surface area contributed by atoms with Crippen molar-refractivity contribution in [2.75, 3.05) is 26.8 Å². The van der Waals surface area contributed by atoms with Crippen molar-refractivity contribution in [2.45, 2.75) is 32.4 Å². The van der Waals surface area contributed by atoms with Crippen LogP contribution >= 0.6 is 0 Å². The molecule has 0 heterocycles. The number of likely N-dealkylation sites (N-methyl/N-ethyl adjacent to an activating group) is 1. The van der Waals surface area contributed by atoms with E-state index in [4.69, 9.17) is 10.5 Å². The summed E-state index contributed by atoms with van der Waals surface area (Å²) in [6.07, 6.45) is 0. The maximum Gasteiger partial charge on any atom is 0.0615 e. The van der Waals surface area contributed by atoms with Gasteiger partial charge in [0.05, 0.1) is 12.1 Å². The Balaban J connectivity index is 2.74. The van der Waals surface area contributed by atoms with Crippen LogP contribution in [0.4, 0.5) is 0 Å². The Bertz CT molecular complexity index is 338. The van der Waals surface area contributed by atoms with E-state index in [-0.39, 0.29) is 5.54 Å². The summed E-state index contributed by atoms with van der Waals surface area (Å²) in [5.41, 5.74) is 7.31. The monoisotopic (exact) mass is 250 g/mol. The van der Waals surface area contributed by atoms with Crippen molar-refractivity contribution < 1.29 is 4.74 Å². The molecule has 0 bridgehead atoms. The largest absolute Gasteiger partial charge is 0.383 e. The van der Waals surface area contributed by atoms with Gasteiger partial charge < -0.3 is 10.5 Å². The molecule has 3 nitrogen and oxygen atoms in total. The highest BCUT2D eigenvalue weighted by molar-refractivity contribution is 5.23. The number of ether oxygens (including phenoxy) is 1. The quantitative estimate of drug-likeness (QED) is 0.806. The third-order valence-corrected chi connectivity index (χ3v) is 3.40. The van der Waals surface area contributed by atoms with Crippen molar-refractivity contribution in [1.29, 1.82) is 0 Å². The molecule has 18 heavy (non-hydrogen) atoms. The minimum absolute atomic E-state index is 0.334. The average Bonchev–Trinajstić information content (AvgIpc) is 2.37. The second-order valence-electron chi connectivity index (χ2n) is 5.15. The molecule has 1 aromatic carbocycles. The summed E-state index contributed by atoms with van der Waals surface area (Å²) in [6, 6.07) is 10.7. The first-order chi connectivity index (χ1) is 8.51. The molecule has 3 heteroatoms. The first-order valence-electron chi connectivity index (χ1n) is 6.58. The molecule has 0 spiro atoms. The highest BCUT2D eigenvalue weighted by atomic mass is 16.5. The SMILES string of the molecule is CCN(CC(C)(N)c1ccccc1)C(C)COC. The van der Waals surface area contributed by atoms with E-state index in [0.717, 1.165) is 19.7 Å². The lowest BCUT2D eigenvalue weighted by Crippen LogP contribution is -2.49. The zero-order valence-corrected chi connectivity index (χ0v) is 12.0. The Labute approximate surface area is 111 Å². The fourth-order valence-corrected chi connectivity index (χ4v) is 2.26. The van der Waals surface area contributed by atoms with Gasteiger partial charge in [-0.25, -0.2) is 0 Å². The number of hydrogen-bond acceptors (Lipinski definition) is 3. The van der Waals surface area contributed by atoms with Gasteiger partial charge in [0.25, 0.3) is 0 Å². The molecular weight excluding hydrogens is 224 g/mol. The van der Waals surface area contributed by atoms with Crippen LogP contribution in [0.3, 0.4) is 0 Å². The van der Waals surface area contributed by atoms with E-state index in [1.54, 1.807) is 7.11 Å². The summed E-state index contributed by atoms with van der Waals surface area (Å²) in [4.78, 5) is 2.36. The molecule has 0 aliphatic carbocycles. The normalized spacial score (nSPS) is 16.6. The lowest BCUT2D eigenvalue weighted by Gasteiger charge is -2.35. The smallest absolute Gasteiger partial charge is 0.0615 e. The molecular formula is C15H26N2O. The molecule has 1 rings (SSSR count). The number of hydrogen-bond donors (Lipinski definition) is 1. The predicted octanol–water partition coefficient (Wildman–Crippen LogP) is 2.22.